The number of benzene rings is 1. The van der Waals surface area contributed by atoms with E-state index in [1.807, 2.05) is 6.07 Å². The smallest absolute Gasteiger partial charge is 0.164 e. The van der Waals surface area contributed by atoms with Gasteiger partial charge in [-0.1, -0.05) is 23.7 Å². The van der Waals surface area contributed by atoms with Crippen LogP contribution in [0.5, 0.6) is 5.75 Å². The third-order valence-corrected chi connectivity index (χ3v) is 2.30. The Morgan fingerprint density at radius 1 is 1.31 bits per heavy atom. The lowest BCUT2D eigenvalue weighted by Gasteiger charge is -2.03. The summed E-state index contributed by atoms with van der Waals surface area (Å²) in [5.41, 5.74) is 0.690. The molecule has 0 aliphatic carbocycles. The normalized spacial score (nSPS) is 9.75. The van der Waals surface area contributed by atoms with E-state index in [0.717, 1.165) is 0 Å². The van der Waals surface area contributed by atoms with Gasteiger partial charge < -0.3 is 5.11 Å². The molecule has 0 aliphatic heterocycles. The molecule has 1 heterocycles. The second-order valence-electron chi connectivity index (χ2n) is 3.03. The highest BCUT2D eigenvalue weighted by Gasteiger charge is 2.09. The van der Waals surface area contributed by atoms with Gasteiger partial charge in [0.05, 0.1) is 11.8 Å². The first-order valence-electron chi connectivity index (χ1n) is 4.43. The van der Waals surface area contributed by atoms with Crippen molar-refractivity contribution in [2.24, 2.45) is 0 Å². The topological polar surface area (TPSA) is 69.8 Å². The van der Waals surface area contributed by atoms with Crippen LogP contribution in [0.15, 0.2) is 30.5 Å². The number of halogens is 1. The van der Waals surface area contributed by atoms with Gasteiger partial charge in [0.25, 0.3) is 0 Å². The number of nitrogens with zero attached hydrogens (tertiary/aromatic N) is 3. The number of rotatable bonds is 1. The molecular weight excluding hydrogens is 226 g/mol. The fourth-order valence-corrected chi connectivity index (χ4v) is 1.40. The zero-order valence-electron chi connectivity index (χ0n) is 8.05. The van der Waals surface area contributed by atoms with E-state index in [2.05, 4.69) is 9.97 Å². The Morgan fingerprint density at radius 2 is 2.06 bits per heavy atom. The molecule has 0 saturated carbocycles. The van der Waals surface area contributed by atoms with Crippen molar-refractivity contribution in [2.75, 3.05) is 0 Å². The van der Waals surface area contributed by atoms with Gasteiger partial charge in [-0.3, -0.25) is 0 Å². The molecule has 0 atom stereocenters. The van der Waals surface area contributed by atoms with Crippen LogP contribution in [-0.2, 0) is 0 Å². The molecule has 4 nitrogen and oxygen atoms in total. The minimum atomic E-state index is 0.0725. The summed E-state index contributed by atoms with van der Waals surface area (Å²) in [5.74, 6) is 0.366. The van der Waals surface area contributed by atoms with E-state index in [0.29, 0.717) is 11.4 Å². The van der Waals surface area contributed by atoms with Crippen molar-refractivity contribution < 1.29 is 5.11 Å². The van der Waals surface area contributed by atoms with Gasteiger partial charge in [0.1, 0.15) is 17.4 Å². The standard InChI is InChI=1S/C11H6ClN3O/c12-10-7(5-13)6-14-11(15-10)8-3-1-2-4-9(8)16/h1-4,6,16H. The van der Waals surface area contributed by atoms with Gasteiger partial charge in [0.2, 0.25) is 0 Å². The van der Waals surface area contributed by atoms with Crippen LogP contribution < -0.4 is 0 Å². The molecule has 1 N–H and O–H groups in total. The second-order valence-corrected chi connectivity index (χ2v) is 3.39. The molecule has 0 fully saturated rings. The first-order chi connectivity index (χ1) is 7.72. The van der Waals surface area contributed by atoms with Crippen LogP contribution in [0, 0.1) is 11.3 Å². The van der Waals surface area contributed by atoms with Crippen LogP contribution in [0.4, 0.5) is 0 Å². The average Bonchev–Trinajstić information content (AvgIpc) is 2.29. The predicted molar refractivity (Wildman–Crippen MR) is 58.9 cm³/mol. The van der Waals surface area contributed by atoms with E-state index in [4.69, 9.17) is 16.9 Å². The molecule has 0 spiro atoms. The van der Waals surface area contributed by atoms with E-state index in [-0.39, 0.29) is 16.5 Å². The summed E-state index contributed by atoms with van der Waals surface area (Å²) < 4.78 is 0. The van der Waals surface area contributed by atoms with Crippen molar-refractivity contribution >= 4 is 11.6 Å². The number of nitriles is 1. The molecule has 1 aromatic carbocycles. The quantitative estimate of drug-likeness (QED) is 0.765. The third kappa shape index (κ3) is 1.81. The average molecular weight is 232 g/mol. The van der Waals surface area contributed by atoms with E-state index in [1.165, 1.54) is 12.3 Å². The largest absolute Gasteiger partial charge is 0.507 e. The minimum absolute atomic E-state index is 0.0725. The summed E-state index contributed by atoms with van der Waals surface area (Å²) in [6.07, 6.45) is 1.33. The first kappa shape index (κ1) is 10.4. The van der Waals surface area contributed by atoms with Crippen molar-refractivity contribution in [3.8, 4) is 23.2 Å². The maximum Gasteiger partial charge on any atom is 0.164 e. The number of phenolic OH excluding ortho intramolecular Hbond substituents is 1. The Morgan fingerprint density at radius 3 is 2.69 bits per heavy atom. The van der Waals surface area contributed by atoms with Crippen LogP contribution in [-0.4, -0.2) is 15.1 Å². The third-order valence-electron chi connectivity index (χ3n) is 2.01. The number of para-hydroxylation sites is 1. The molecule has 16 heavy (non-hydrogen) atoms. The van der Waals surface area contributed by atoms with Crippen LogP contribution >= 0.6 is 11.6 Å². The highest BCUT2D eigenvalue weighted by molar-refractivity contribution is 6.30. The van der Waals surface area contributed by atoms with Gasteiger partial charge in [0.15, 0.2) is 11.0 Å². The maximum absolute atomic E-state index is 9.59. The SMILES string of the molecule is N#Cc1cnc(-c2ccccc2O)nc1Cl. The van der Waals surface area contributed by atoms with Gasteiger partial charge in [0, 0.05) is 0 Å². The summed E-state index contributed by atoms with van der Waals surface area (Å²) in [7, 11) is 0. The Hall–Kier alpha value is -2.12. The first-order valence-corrected chi connectivity index (χ1v) is 4.81. The van der Waals surface area contributed by atoms with Crippen molar-refractivity contribution in [3.05, 3.63) is 41.2 Å². The summed E-state index contributed by atoms with van der Waals surface area (Å²) in [6, 6.07) is 8.53. The van der Waals surface area contributed by atoms with Crippen LogP contribution in [0.2, 0.25) is 5.15 Å². The number of hydrogen-bond acceptors (Lipinski definition) is 4. The van der Waals surface area contributed by atoms with Crippen molar-refractivity contribution in [2.45, 2.75) is 0 Å². The van der Waals surface area contributed by atoms with Crippen LogP contribution in [0.3, 0.4) is 0 Å². The zero-order chi connectivity index (χ0) is 11.5. The molecule has 0 radical (unpaired) electrons. The Bertz CT molecular complexity index is 578. The fourth-order valence-electron chi connectivity index (χ4n) is 1.23. The van der Waals surface area contributed by atoms with Gasteiger partial charge in [-0.25, -0.2) is 9.97 Å². The van der Waals surface area contributed by atoms with E-state index in [1.54, 1.807) is 18.2 Å². The summed E-state index contributed by atoms with van der Waals surface area (Å²) in [4.78, 5) is 7.91. The number of phenols is 1. The summed E-state index contributed by atoms with van der Waals surface area (Å²) in [6.45, 7) is 0. The minimum Gasteiger partial charge on any atom is -0.507 e. The molecular formula is C11H6ClN3O. The van der Waals surface area contributed by atoms with E-state index < -0.39 is 0 Å². The summed E-state index contributed by atoms with van der Waals surface area (Å²) >= 11 is 5.78. The van der Waals surface area contributed by atoms with Gasteiger partial charge >= 0.3 is 0 Å². The Labute approximate surface area is 96.8 Å². The molecule has 0 unspecified atom stereocenters. The lowest BCUT2D eigenvalue weighted by Crippen LogP contribution is -1.92. The van der Waals surface area contributed by atoms with Crippen LogP contribution in [0.25, 0.3) is 11.4 Å². The highest BCUT2D eigenvalue weighted by atomic mass is 35.5. The molecule has 2 aromatic rings. The molecule has 0 bridgehead atoms. The second kappa shape index (κ2) is 4.17. The van der Waals surface area contributed by atoms with E-state index in [9.17, 15) is 5.11 Å². The molecule has 1 aromatic heterocycles. The van der Waals surface area contributed by atoms with Gasteiger partial charge in [-0.05, 0) is 12.1 Å². The lowest BCUT2D eigenvalue weighted by molar-refractivity contribution is 0.477. The maximum atomic E-state index is 9.59. The molecule has 2 rings (SSSR count). The Kier molecular flexibility index (Phi) is 2.71. The van der Waals surface area contributed by atoms with Crippen molar-refractivity contribution in [1.29, 1.82) is 5.26 Å². The molecule has 0 aliphatic rings. The molecule has 0 amide bonds. The predicted octanol–water partition coefficient (Wildman–Crippen LogP) is 2.37. The van der Waals surface area contributed by atoms with E-state index >= 15 is 0 Å². The summed E-state index contributed by atoms with van der Waals surface area (Å²) in [5, 5.41) is 18.3. The number of aromatic nitrogens is 2. The molecule has 0 saturated heterocycles. The molecule has 78 valence electrons. The van der Waals surface area contributed by atoms with Gasteiger partial charge in [-0.2, -0.15) is 5.26 Å². The lowest BCUT2D eigenvalue weighted by atomic mass is 10.2. The van der Waals surface area contributed by atoms with Crippen LogP contribution in [0.1, 0.15) is 5.56 Å². The van der Waals surface area contributed by atoms with Crippen molar-refractivity contribution in [3.63, 3.8) is 0 Å². The molecule has 5 heteroatoms. The fraction of sp³-hybridized carbons (Fsp3) is 0. The van der Waals surface area contributed by atoms with Crippen molar-refractivity contribution in [1.82, 2.24) is 9.97 Å². The monoisotopic (exact) mass is 231 g/mol. The van der Waals surface area contributed by atoms with Gasteiger partial charge in [-0.15, -0.1) is 0 Å². The number of aromatic hydroxyl groups is 1. The zero-order valence-corrected chi connectivity index (χ0v) is 8.81. The highest BCUT2D eigenvalue weighted by Crippen LogP contribution is 2.26. The number of hydrogen-bond donors (Lipinski definition) is 1. The Balaban J connectivity index is 2.55.